The minimum Gasteiger partial charge on any atom is -0.445 e. The standard InChI is InChI=1S/C15H16N2O2/c18-15(19-12-13-6-2-1-3-7-13)17-11-9-14-8-4-5-10-16-14/h1-8,10H,9,11-12H2,(H,17,18). The summed E-state index contributed by atoms with van der Waals surface area (Å²) in [5, 5.41) is 2.70. The van der Waals surface area contributed by atoms with Gasteiger partial charge in [0.15, 0.2) is 0 Å². The summed E-state index contributed by atoms with van der Waals surface area (Å²) in [4.78, 5) is 15.6. The van der Waals surface area contributed by atoms with Gasteiger partial charge in [-0.05, 0) is 17.7 Å². The van der Waals surface area contributed by atoms with Crippen LogP contribution in [0, 0.1) is 0 Å². The summed E-state index contributed by atoms with van der Waals surface area (Å²) in [6, 6.07) is 15.3. The van der Waals surface area contributed by atoms with Crippen molar-refractivity contribution in [3.8, 4) is 0 Å². The van der Waals surface area contributed by atoms with Crippen LogP contribution in [0.5, 0.6) is 0 Å². The van der Waals surface area contributed by atoms with Crippen molar-refractivity contribution in [2.24, 2.45) is 0 Å². The van der Waals surface area contributed by atoms with Crippen LogP contribution in [0.4, 0.5) is 4.79 Å². The first-order chi connectivity index (χ1) is 9.34. The number of hydrogen-bond donors (Lipinski definition) is 1. The lowest BCUT2D eigenvalue weighted by Crippen LogP contribution is -2.26. The lowest BCUT2D eigenvalue weighted by molar-refractivity contribution is 0.140. The van der Waals surface area contributed by atoms with Crippen molar-refractivity contribution in [3.63, 3.8) is 0 Å². The van der Waals surface area contributed by atoms with Crippen LogP contribution in [0.2, 0.25) is 0 Å². The summed E-state index contributed by atoms with van der Waals surface area (Å²) in [5.74, 6) is 0. The Morgan fingerprint density at radius 2 is 1.89 bits per heavy atom. The Bertz CT molecular complexity index is 500. The van der Waals surface area contributed by atoms with E-state index in [0.29, 0.717) is 13.0 Å². The number of carbonyl (C=O) groups is 1. The number of nitrogens with zero attached hydrogens (tertiary/aromatic N) is 1. The van der Waals surface area contributed by atoms with Gasteiger partial charge in [-0.15, -0.1) is 0 Å². The zero-order chi connectivity index (χ0) is 13.3. The fourth-order valence-electron chi connectivity index (χ4n) is 1.61. The Morgan fingerprint density at radius 3 is 2.63 bits per heavy atom. The van der Waals surface area contributed by atoms with E-state index in [2.05, 4.69) is 10.3 Å². The second-order valence-electron chi connectivity index (χ2n) is 4.06. The summed E-state index contributed by atoms with van der Waals surface area (Å²) >= 11 is 0. The number of benzene rings is 1. The number of nitrogens with one attached hydrogen (secondary N) is 1. The molecule has 2 rings (SSSR count). The Labute approximate surface area is 112 Å². The number of ether oxygens (including phenoxy) is 1. The van der Waals surface area contributed by atoms with Crippen LogP contribution in [-0.2, 0) is 17.8 Å². The van der Waals surface area contributed by atoms with Gasteiger partial charge in [-0.1, -0.05) is 36.4 Å². The van der Waals surface area contributed by atoms with E-state index in [9.17, 15) is 4.79 Å². The van der Waals surface area contributed by atoms with Gasteiger partial charge in [0.2, 0.25) is 0 Å². The largest absolute Gasteiger partial charge is 0.445 e. The van der Waals surface area contributed by atoms with E-state index in [-0.39, 0.29) is 6.61 Å². The maximum Gasteiger partial charge on any atom is 0.407 e. The predicted molar refractivity (Wildman–Crippen MR) is 72.6 cm³/mol. The monoisotopic (exact) mass is 256 g/mol. The number of rotatable bonds is 5. The molecule has 0 fully saturated rings. The van der Waals surface area contributed by atoms with Gasteiger partial charge in [0.1, 0.15) is 6.61 Å². The van der Waals surface area contributed by atoms with Gasteiger partial charge < -0.3 is 10.1 Å². The minimum atomic E-state index is -0.403. The van der Waals surface area contributed by atoms with Crippen LogP contribution >= 0.6 is 0 Å². The van der Waals surface area contributed by atoms with E-state index < -0.39 is 6.09 Å². The Hall–Kier alpha value is -2.36. The molecular formula is C15H16N2O2. The molecule has 19 heavy (non-hydrogen) atoms. The maximum absolute atomic E-state index is 11.5. The average molecular weight is 256 g/mol. The normalized spacial score (nSPS) is 9.89. The summed E-state index contributed by atoms with van der Waals surface area (Å²) < 4.78 is 5.10. The van der Waals surface area contributed by atoms with Crippen LogP contribution in [0.3, 0.4) is 0 Å². The van der Waals surface area contributed by atoms with Crippen LogP contribution in [0.15, 0.2) is 54.7 Å². The Kier molecular flexibility index (Phi) is 4.93. The van der Waals surface area contributed by atoms with Crippen LogP contribution in [0.1, 0.15) is 11.3 Å². The highest BCUT2D eigenvalue weighted by Gasteiger charge is 2.02. The molecule has 98 valence electrons. The molecule has 0 saturated carbocycles. The molecule has 1 aromatic heterocycles. The molecule has 0 unspecified atom stereocenters. The fourth-order valence-corrected chi connectivity index (χ4v) is 1.61. The highest BCUT2D eigenvalue weighted by molar-refractivity contribution is 5.67. The van der Waals surface area contributed by atoms with Crippen LogP contribution < -0.4 is 5.32 Å². The molecule has 0 bridgehead atoms. The molecule has 1 aromatic carbocycles. The SMILES string of the molecule is O=C(NCCc1ccccn1)OCc1ccccc1. The zero-order valence-electron chi connectivity index (χ0n) is 10.6. The quantitative estimate of drug-likeness (QED) is 0.894. The van der Waals surface area contributed by atoms with Gasteiger partial charge in [0, 0.05) is 24.9 Å². The molecule has 0 spiro atoms. The summed E-state index contributed by atoms with van der Waals surface area (Å²) in [5.41, 5.74) is 1.92. The van der Waals surface area contributed by atoms with Crippen LogP contribution in [0.25, 0.3) is 0 Å². The molecule has 0 aliphatic carbocycles. The van der Waals surface area contributed by atoms with Crippen LogP contribution in [-0.4, -0.2) is 17.6 Å². The van der Waals surface area contributed by atoms with Crippen molar-refractivity contribution in [1.82, 2.24) is 10.3 Å². The highest BCUT2D eigenvalue weighted by atomic mass is 16.5. The molecule has 1 heterocycles. The molecule has 0 saturated heterocycles. The van der Waals surface area contributed by atoms with Gasteiger partial charge in [-0.25, -0.2) is 4.79 Å². The summed E-state index contributed by atoms with van der Waals surface area (Å²) in [6.07, 6.45) is 2.03. The number of carbonyl (C=O) groups excluding carboxylic acids is 1. The van der Waals surface area contributed by atoms with Crippen molar-refractivity contribution < 1.29 is 9.53 Å². The molecule has 4 heteroatoms. The van der Waals surface area contributed by atoms with Gasteiger partial charge in [0.05, 0.1) is 0 Å². The number of alkyl carbamates (subject to hydrolysis) is 1. The third-order valence-corrected chi connectivity index (χ3v) is 2.59. The van der Waals surface area contributed by atoms with Crippen molar-refractivity contribution in [3.05, 3.63) is 66.0 Å². The van der Waals surface area contributed by atoms with E-state index in [4.69, 9.17) is 4.74 Å². The molecule has 2 aromatic rings. The Balaban J connectivity index is 1.65. The maximum atomic E-state index is 11.5. The lowest BCUT2D eigenvalue weighted by Gasteiger charge is -2.06. The predicted octanol–water partition coefficient (Wildman–Crippen LogP) is 2.55. The number of hydrogen-bond acceptors (Lipinski definition) is 3. The highest BCUT2D eigenvalue weighted by Crippen LogP contribution is 2.00. The molecular weight excluding hydrogens is 240 g/mol. The van der Waals surface area contributed by atoms with E-state index in [1.54, 1.807) is 6.20 Å². The number of pyridine rings is 1. The van der Waals surface area contributed by atoms with Gasteiger partial charge in [0.25, 0.3) is 0 Å². The minimum absolute atomic E-state index is 0.288. The fraction of sp³-hybridized carbons (Fsp3) is 0.200. The zero-order valence-corrected chi connectivity index (χ0v) is 10.6. The van der Waals surface area contributed by atoms with Crippen molar-refractivity contribution in [2.45, 2.75) is 13.0 Å². The first-order valence-electron chi connectivity index (χ1n) is 6.19. The van der Waals surface area contributed by atoms with Gasteiger partial charge in [-0.2, -0.15) is 0 Å². The van der Waals surface area contributed by atoms with E-state index in [1.165, 1.54) is 0 Å². The van der Waals surface area contributed by atoms with E-state index in [0.717, 1.165) is 11.3 Å². The summed E-state index contributed by atoms with van der Waals surface area (Å²) in [6.45, 7) is 0.806. The van der Waals surface area contributed by atoms with Crippen molar-refractivity contribution >= 4 is 6.09 Å². The topological polar surface area (TPSA) is 51.2 Å². The summed E-state index contributed by atoms with van der Waals surface area (Å²) in [7, 11) is 0. The van der Waals surface area contributed by atoms with Crippen molar-refractivity contribution in [1.29, 1.82) is 0 Å². The average Bonchev–Trinajstić information content (AvgIpc) is 2.47. The molecule has 0 aliphatic heterocycles. The van der Waals surface area contributed by atoms with Gasteiger partial charge in [-0.3, -0.25) is 4.98 Å². The first-order valence-corrected chi connectivity index (χ1v) is 6.19. The second kappa shape index (κ2) is 7.16. The lowest BCUT2D eigenvalue weighted by atomic mass is 10.2. The molecule has 1 amide bonds. The molecule has 4 nitrogen and oxygen atoms in total. The Morgan fingerprint density at radius 1 is 1.11 bits per heavy atom. The second-order valence-corrected chi connectivity index (χ2v) is 4.06. The van der Waals surface area contributed by atoms with E-state index >= 15 is 0 Å². The number of amides is 1. The van der Waals surface area contributed by atoms with Gasteiger partial charge >= 0.3 is 6.09 Å². The third-order valence-electron chi connectivity index (χ3n) is 2.59. The molecule has 0 aliphatic rings. The van der Waals surface area contributed by atoms with Crippen molar-refractivity contribution in [2.75, 3.05) is 6.54 Å². The third kappa shape index (κ3) is 4.79. The van der Waals surface area contributed by atoms with E-state index in [1.807, 2.05) is 48.5 Å². The first kappa shape index (κ1) is 13.1. The number of aromatic nitrogens is 1. The smallest absolute Gasteiger partial charge is 0.407 e. The molecule has 0 radical (unpaired) electrons. The molecule has 0 atom stereocenters. The molecule has 1 N–H and O–H groups in total.